The maximum absolute atomic E-state index is 12.1. The Morgan fingerprint density at radius 3 is 2.46 bits per heavy atom. The molecule has 0 fully saturated rings. The average molecular weight is 384 g/mol. The van der Waals surface area contributed by atoms with Gasteiger partial charge in [0.2, 0.25) is 0 Å². The van der Waals surface area contributed by atoms with E-state index in [-0.39, 0.29) is 30.3 Å². The Morgan fingerprint density at radius 1 is 1.15 bits per heavy atom. The summed E-state index contributed by atoms with van der Waals surface area (Å²) in [6.07, 6.45) is 0.274. The number of hydrogen-bond acceptors (Lipinski definition) is 4. The fraction of sp³-hybridized carbons (Fsp3) is 0.222. The van der Waals surface area contributed by atoms with Crippen LogP contribution in [0.1, 0.15) is 23.7 Å². The normalized spacial score (nSPS) is 10.5. The highest BCUT2D eigenvalue weighted by Crippen LogP contribution is 2.24. The zero-order valence-corrected chi connectivity index (χ0v) is 14.6. The zero-order chi connectivity index (χ0) is 19.1. The maximum atomic E-state index is 12.1. The number of anilines is 1. The van der Waals surface area contributed by atoms with Gasteiger partial charge in [0.05, 0.1) is 5.56 Å². The Morgan fingerprint density at radius 2 is 1.85 bits per heavy atom. The minimum absolute atomic E-state index is 0.0156. The van der Waals surface area contributed by atoms with Crippen LogP contribution >= 0.6 is 11.6 Å². The highest BCUT2D eigenvalue weighted by molar-refractivity contribution is 6.31. The summed E-state index contributed by atoms with van der Waals surface area (Å²) in [6, 6.07) is 10.0. The van der Waals surface area contributed by atoms with E-state index in [1.165, 1.54) is 36.4 Å². The molecule has 0 aromatic heterocycles. The fourth-order valence-electron chi connectivity index (χ4n) is 2.10. The molecule has 0 saturated heterocycles. The summed E-state index contributed by atoms with van der Waals surface area (Å²) in [5.41, 5.74) is 0.697. The molecule has 0 atom stereocenters. The van der Waals surface area contributed by atoms with Gasteiger partial charge < -0.3 is 14.8 Å². The van der Waals surface area contributed by atoms with E-state index in [1.54, 1.807) is 13.0 Å². The van der Waals surface area contributed by atoms with Crippen LogP contribution in [-0.2, 0) is 4.79 Å². The van der Waals surface area contributed by atoms with Gasteiger partial charge in [0.15, 0.2) is 12.4 Å². The first-order chi connectivity index (χ1) is 12.4. The number of amides is 1. The first kappa shape index (κ1) is 19.7. The maximum Gasteiger partial charge on any atom is 0.387 e. The van der Waals surface area contributed by atoms with Crippen molar-refractivity contribution in [3.05, 3.63) is 53.1 Å². The number of hydrogen-bond donors (Lipinski definition) is 1. The van der Waals surface area contributed by atoms with Crippen molar-refractivity contribution in [1.29, 1.82) is 0 Å². The molecule has 26 heavy (non-hydrogen) atoms. The minimum atomic E-state index is -2.91. The average Bonchev–Trinajstić information content (AvgIpc) is 2.61. The van der Waals surface area contributed by atoms with Crippen molar-refractivity contribution in [3.63, 3.8) is 0 Å². The highest BCUT2D eigenvalue weighted by Gasteiger charge is 2.13. The smallest absolute Gasteiger partial charge is 0.387 e. The Bertz CT molecular complexity index is 781. The van der Waals surface area contributed by atoms with E-state index in [0.29, 0.717) is 16.3 Å². The van der Waals surface area contributed by atoms with E-state index < -0.39 is 12.5 Å². The molecule has 2 aromatic carbocycles. The van der Waals surface area contributed by atoms with Gasteiger partial charge in [0, 0.05) is 17.1 Å². The second-order valence-electron chi connectivity index (χ2n) is 5.16. The van der Waals surface area contributed by atoms with Gasteiger partial charge in [-0.15, -0.1) is 0 Å². The number of alkyl halides is 2. The summed E-state index contributed by atoms with van der Waals surface area (Å²) in [4.78, 5) is 23.9. The van der Waals surface area contributed by atoms with Crippen molar-refractivity contribution in [2.75, 3.05) is 11.9 Å². The van der Waals surface area contributed by atoms with E-state index in [0.717, 1.165) is 0 Å². The van der Waals surface area contributed by atoms with Crippen molar-refractivity contribution in [2.24, 2.45) is 0 Å². The summed E-state index contributed by atoms with van der Waals surface area (Å²) in [6.45, 7) is -1.54. The Labute approximate surface area is 153 Å². The van der Waals surface area contributed by atoms with E-state index in [1.807, 2.05) is 0 Å². The van der Waals surface area contributed by atoms with Gasteiger partial charge in [-0.05, 0) is 42.5 Å². The molecule has 0 bridgehead atoms. The number of ether oxygens (including phenoxy) is 2. The molecule has 1 N–H and O–H groups in total. The van der Waals surface area contributed by atoms with Crippen molar-refractivity contribution in [1.82, 2.24) is 0 Å². The molecule has 2 aromatic rings. The van der Waals surface area contributed by atoms with Crippen LogP contribution in [0.25, 0.3) is 0 Å². The Balaban J connectivity index is 1.96. The number of carbonyl (C=O) groups is 2. The molecule has 0 aliphatic carbocycles. The largest absolute Gasteiger partial charge is 0.483 e. The molecular weight excluding hydrogens is 368 g/mol. The number of ketones is 1. The van der Waals surface area contributed by atoms with Crippen molar-refractivity contribution in [2.45, 2.75) is 20.0 Å². The van der Waals surface area contributed by atoms with E-state index >= 15 is 0 Å². The monoisotopic (exact) mass is 383 g/mol. The van der Waals surface area contributed by atoms with Gasteiger partial charge in [-0.2, -0.15) is 8.78 Å². The molecule has 8 heteroatoms. The van der Waals surface area contributed by atoms with E-state index in [2.05, 4.69) is 10.1 Å². The molecule has 0 radical (unpaired) electrons. The van der Waals surface area contributed by atoms with Crippen molar-refractivity contribution < 1.29 is 27.8 Å². The highest BCUT2D eigenvalue weighted by atomic mass is 35.5. The fourth-order valence-corrected chi connectivity index (χ4v) is 2.27. The van der Waals surface area contributed by atoms with Crippen LogP contribution in [-0.4, -0.2) is 24.9 Å². The number of nitrogens with one attached hydrogen (secondary N) is 1. The summed E-state index contributed by atoms with van der Waals surface area (Å²) in [5.74, 6) is -0.384. The third-order valence-electron chi connectivity index (χ3n) is 3.29. The van der Waals surface area contributed by atoms with E-state index in [4.69, 9.17) is 16.3 Å². The summed E-state index contributed by atoms with van der Waals surface area (Å²) >= 11 is 5.89. The first-order valence-corrected chi connectivity index (χ1v) is 8.07. The van der Waals surface area contributed by atoms with Crippen molar-refractivity contribution in [3.8, 4) is 11.5 Å². The van der Waals surface area contributed by atoms with Gasteiger partial charge >= 0.3 is 6.61 Å². The third kappa shape index (κ3) is 5.70. The molecule has 0 heterocycles. The zero-order valence-electron chi connectivity index (χ0n) is 13.8. The molecule has 1 amide bonds. The first-order valence-electron chi connectivity index (χ1n) is 7.69. The molecule has 0 aliphatic rings. The van der Waals surface area contributed by atoms with Crippen LogP contribution in [0.15, 0.2) is 42.5 Å². The minimum Gasteiger partial charge on any atom is -0.483 e. The quantitative estimate of drug-likeness (QED) is 0.679. The van der Waals surface area contributed by atoms with Crippen LogP contribution in [0.4, 0.5) is 14.5 Å². The lowest BCUT2D eigenvalue weighted by molar-refractivity contribution is -0.118. The number of benzene rings is 2. The van der Waals surface area contributed by atoms with Gasteiger partial charge in [-0.25, -0.2) is 0 Å². The van der Waals surface area contributed by atoms with Gasteiger partial charge in [0.1, 0.15) is 11.5 Å². The molecule has 0 aliphatic heterocycles. The topological polar surface area (TPSA) is 64.6 Å². The second-order valence-corrected chi connectivity index (χ2v) is 5.59. The van der Waals surface area contributed by atoms with Crippen LogP contribution in [0.3, 0.4) is 0 Å². The standard InChI is InChI=1S/C18H16ClF2NO4/c1-2-15(23)14-9-11(19)3-8-16(14)25-10-17(24)22-12-4-6-13(7-5-12)26-18(20)21/h3-9,18H,2,10H2,1H3,(H,22,24). The van der Waals surface area contributed by atoms with Crippen LogP contribution < -0.4 is 14.8 Å². The second kappa shape index (κ2) is 9.15. The third-order valence-corrected chi connectivity index (χ3v) is 3.52. The Kier molecular flexibility index (Phi) is 6.91. The van der Waals surface area contributed by atoms with Crippen molar-refractivity contribution >= 4 is 29.0 Å². The molecule has 5 nitrogen and oxygen atoms in total. The summed E-state index contributed by atoms with van der Waals surface area (Å²) in [7, 11) is 0. The number of Topliss-reactive ketones (excluding diaryl/α,β-unsaturated/α-hetero) is 1. The molecule has 0 spiro atoms. The Hall–Kier alpha value is -2.67. The predicted octanol–water partition coefficient (Wildman–Crippen LogP) is 4.55. The van der Waals surface area contributed by atoms with E-state index in [9.17, 15) is 18.4 Å². The molecule has 0 unspecified atom stereocenters. The van der Waals surface area contributed by atoms with Gasteiger partial charge in [0.25, 0.3) is 5.91 Å². The lowest BCUT2D eigenvalue weighted by Crippen LogP contribution is -2.20. The van der Waals surface area contributed by atoms with Gasteiger partial charge in [-0.1, -0.05) is 18.5 Å². The van der Waals surface area contributed by atoms with Crippen LogP contribution in [0.5, 0.6) is 11.5 Å². The number of halogens is 3. The summed E-state index contributed by atoms with van der Waals surface area (Å²) in [5, 5.41) is 2.94. The SMILES string of the molecule is CCC(=O)c1cc(Cl)ccc1OCC(=O)Nc1ccc(OC(F)F)cc1. The predicted molar refractivity (Wildman–Crippen MR) is 93.3 cm³/mol. The van der Waals surface area contributed by atoms with Gasteiger partial charge in [-0.3, -0.25) is 9.59 Å². The molecule has 138 valence electrons. The lowest BCUT2D eigenvalue weighted by atomic mass is 10.1. The lowest BCUT2D eigenvalue weighted by Gasteiger charge is -2.11. The summed E-state index contributed by atoms with van der Waals surface area (Å²) < 4.78 is 33.8. The number of carbonyl (C=O) groups excluding carboxylic acids is 2. The number of rotatable bonds is 8. The molecule has 0 saturated carbocycles. The molecular formula is C18H16ClF2NO4. The van der Waals surface area contributed by atoms with Crippen LogP contribution in [0, 0.1) is 0 Å². The molecule has 2 rings (SSSR count). The van der Waals surface area contributed by atoms with Crippen LogP contribution in [0.2, 0.25) is 5.02 Å².